The third-order valence-corrected chi connectivity index (χ3v) is 6.24. The number of oxazole rings is 1. The molecule has 1 N–H and O–H groups in total. The van der Waals surface area contributed by atoms with E-state index in [2.05, 4.69) is 4.98 Å². The van der Waals surface area contributed by atoms with Gasteiger partial charge >= 0.3 is 5.97 Å². The topological polar surface area (TPSA) is 101 Å². The summed E-state index contributed by atoms with van der Waals surface area (Å²) in [5.41, 5.74) is 1.09. The van der Waals surface area contributed by atoms with Crippen LogP contribution in [0.4, 0.5) is 0 Å². The van der Waals surface area contributed by atoms with Crippen LogP contribution in [0.15, 0.2) is 27.5 Å². The van der Waals surface area contributed by atoms with E-state index in [0.29, 0.717) is 23.6 Å². The van der Waals surface area contributed by atoms with Crippen molar-refractivity contribution in [2.75, 3.05) is 6.54 Å². The first-order valence-corrected chi connectivity index (χ1v) is 9.46. The highest BCUT2D eigenvalue weighted by Gasteiger charge is 2.32. The Bertz CT molecular complexity index is 931. The summed E-state index contributed by atoms with van der Waals surface area (Å²) < 4.78 is 33.0. The van der Waals surface area contributed by atoms with Crippen molar-refractivity contribution in [1.82, 2.24) is 9.29 Å². The number of aryl methyl sites for hydroxylation is 1. The van der Waals surface area contributed by atoms with Crippen LogP contribution in [0.1, 0.15) is 53.0 Å². The summed E-state index contributed by atoms with van der Waals surface area (Å²) in [6, 6.07) is 4.13. The molecule has 0 saturated carbocycles. The van der Waals surface area contributed by atoms with Crippen LogP contribution in [0.5, 0.6) is 0 Å². The predicted molar refractivity (Wildman–Crippen MR) is 90.0 cm³/mol. The Morgan fingerprint density at radius 1 is 1.36 bits per heavy atom. The fourth-order valence-corrected chi connectivity index (χ4v) is 4.45. The molecule has 1 aliphatic heterocycles. The molecule has 7 nitrogen and oxygen atoms in total. The zero-order valence-electron chi connectivity index (χ0n) is 14.3. The molecule has 134 valence electrons. The summed E-state index contributed by atoms with van der Waals surface area (Å²) in [7, 11) is -3.81. The Morgan fingerprint density at radius 3 is 2.72 bits per heavy atom. The van der Waals surface area contributed by atoms with Crippen molar-refractivity contribution >= 4 is 16.0 Å². The number of carboxylic acids is 1. The maximum atomic E-state index is 13.0. The second-order valence-electron chi connectivity index (χ2n) is 6.45. The molecule has 2 heterocycles. The number of fused-ring (bicyclic) bond motifs is 1. The molecule has 3 rings (SSSR count). The van der Waals surface area contributed by atoms with Crippen molar-refractivity contribution in [3.05, 3.63) is 46.7 Å². The van der Waals surface area contributed by atoms with Crippen molar-refractivity contribution < 1.29 is 22.7 Å². The van der Waals surface area contributed by atoms with Crippen molar-refractivity contribution in [2.24, 2.45) is 0 Å². The molecule has 8 heteroatoms. The Hall–Kier alpha value is -2.19. The minimum Gasteiger partial charge on any atom is -0.478 e. The van der Waals surface area contributed by atoms with Crippen LogP contribution < -0.4 is 0 Å². The summed E-state index contributed by atoms with van der Waals surface area (Å²) >= 11 is 0. The minimum atomic E-state index is -3.81. The van der Waals surface area contributed by atoms with Gasteiger partial charge in [-0.15, -0.1) is 0 Å². The largest absolute Gasteiger partial charge is 0.478 e. The van der Waals surface area contributed by atoms with Crippen LogP contribution in [0.3, 0.4) is 0 Å². The Kier molecular flexibility index (Phi) is 4.42. The van der Waals surface area contributed by atoms with Crippen LogP contribution in [-0.4, -0.2) is 35.3 Å². The number of rotatable bonds is 4. The van der Waals surface area contributed by atoms with Crippen molar-refractivity contribution in [1.29, 1.82) is 0 Å². The highest BCUT2D eigenvalue weighted by Crippen LogP contribution is 2.29. The SMILES string of the molecule is Cc1ccc(C(=O)O)cc1S(=O)(=O)N1CCc2oc(C(C)C)nc2C1. The van der Waals surface area contributed by atoms with Gasteiger partial charge in [0.05, 0.1) is 22.7 Å². The average Bonchev–Trinajstić information content (AvgIpc) is 2.98. The molecule has 0 atom stereocenters. The van der Waals surface area contributed by atoms with E-state index in [0.717, 1.165) is 5.76 Å². The lowest BCUT2D eigenvalue weighted by Gasteiger charge is -2.25. The van der Waals surface area contributed by atoms with Crippen LogP contribution in [0.2, 0.25) is 0 Å². The standard InChI is InChI=1S/C17H20N2O5S/c1-10(2)16-18-13-9-19(7-6-14(13)24-16)25(22,23)15-8-12(17(20)21)5-4-11(15)3/h4-5,8,10H,6-7,9H2,1-3H3,(H,20,21). The lowest BCUT2D eigenvalue weighted by atomic mass is 10.1. The summed E-state index contributed by atoms with van der Waals surface area (Å²) in [6.07, 6.45) is 0.450. The van der Waals surface area contributed by atoms with E-state index < -0.39 is 16.0 Å². The molecule has 25 heavy (non-hydrogen) atoms. The predicted octanol–water partition coefficient (Wildman–Crippen LogP) is 2.55. The zero-order chi connectivity index (χ0) is 18.4. The van der Waals surface area contributed by atoms with Crippen molar-refractivity contribution in [3.8, 4) is 0 Å². The molecule has 0 unspecified atom stereocenters. The quantitative estimate of drug-likeness (QED) is 0.895. The lowest BCUT2D eigenvalue weighted by molar-refractivity contribution is 0.0696. The van der Waals surface area contributed by atoms with Crippen molar-refractivity contribution in [3.63, 3.8) is 0 Å². The Balaban J connectivity index is 1.96. The third kappa shape index (κ3) is 3.19. The Labute approximate surface area is 146 Å². The second-order valence-corrected chi connectivity index (χ2v) is 8.36. The number of carbonyl (C=O) groups is 1. The molecule has 1 aromatic carbocycles. The van der Waals surface area contributed by atoms with Gasteiger partial charge in [-0.1, -0.05) is 19.9 Å². The second kappa shape index (κ2) is 6.27. The minimum absolute atomic E-state index is 0.0171. The van der Waals surface area contributed by atoms with E-state index in [-0.39, 0.29) is 29.5 Å². The molecule has 1 aliphatic rings. The number of sulfonamides is 1. The van der Waals surface area contributed by atoms with E-state index in [1.165, 1.54) is 22.5 Å². The van der Waals surface area contributed by atoms with E-state index >= 15 is 0 Å². The molecule has 0 bridgehead atoms. The number of carboxylic acid groups (broad SMARTS) is 1. The normalized spacial score (nSPS) is 15.4. The first-order chi connectivity index (χ1) is 11.7. The van der Waals surface area contributed by atoms with E-state index in [1.54, 1.807) is 6.92 Å². The summed E-state index contributed by atoms with van der Waals surface area (Å²) in [5.74, 6) is 0.306. The zero-order valence-corrected chi connectivity index (χ0v) is 15.1. The van der Waals surface area contributed by atoms with Crippen molar-refractivity contribution in [2.45, 2.75) is 44.6 Å². The first kappa shape index (κ1) is 17.6. The van der Waals surface area contributed by atoms with Gasteiger partial charge in [0.15, 0.2) is 5.89 Å². The molecule has 0 amide bonds. The van der Waals surface area contributed by atoms with Gasteiger partial charge < -0.3 is 9.52 Å². The fourth-order valence-electron chi connectivity index (χ4n) is 2.80. The molecule has 1 aromatic heterocycles. The fraction of sp³-hybridized carbons (Fsp3) is 0.412. The van der Waals surface area contributed by atoms with Gasteiger partial charge in [0, 0.05) is 18.9 Å². The maximum Gasteiger partial charge on any atom is 0.335 e. The first-order valence-electron chi connectivity index (χ1n) is 8.02. The summed E-state index contributed by atoms with van der Waals surface area (Å²) in [4.78, 5) is 15.6. The molecule has 0 aliphatic carbocycles. The third-order valence-electron chi connectivity index (χ3n) is 4.26. The monoisotopic (exact) mass is 364 g/mol. The molecule has 0 saturated heterocycles. The number of nitrogens with zero attached hydrogens (tertiary/aromatic N) is 2. The molecule has 0 spiro atoms. The summed E-state index contributed by atoms with van der Waals surface area (Å²) in [6.45, 7) is 5.99. The molecule has 0 radical (unpaired) electrons. The van der Waals surface area contributed by atoms with Gasteiger partial charge in [-0.3, -0.25) is 0 Å². The molecular weight excluding hydrogens is 344 g/mol. The van der Waals surface area contributed by atoms with E-state index in [1.807, 2.05) is 13.8 Å². The van der Waals surface area contributed by atoms with Gasteiger partial charge in [0.1, 0.15) is 5.76 Å². The number of aromatic nitrogens is 1. The van der Waals surface area contributed by atoms with E-state index in [4.69, 9.17) is 9.52 Å². The van der Waals surface area contributed by atoms with Crippen LogP contribution >= 0.6 is 0 Å². The average molecular weight is 364 g/mol. The number of hydrogen-bond acceptors (Lipinski definition) is 5. The van der Waals surface area contributed by atoms with Gasteiger partial charge in [0.25, 0.3) is 0 Å². The lowest BCUT2D eigenvalue weighted by Crippen LogP contribution is -2.36. The van der Waals surface area contributed by atoms with Crippen LogP contribution in [-0.2, 0) is 23.0 Å². The molecule has 2 aromatic rings. The maximum absolute atomic E-state index is 13.0. The number of hydrogen-bond donors (Lipinski definition) is 1. The summed E-state index contributed by atoms with van der Waals surface area (Å²) in [5, 5.41) is 9.13. The number of benzene rings is 1. The van der Waals surface area contributed by atoms with Gasteiger partial charge in [-0.25, -0.2) is 18.2 Å². The van der Waals surface area contributed by atoms with Gasteiger partial charge in [0.2, 0.25) is 10.0 Å². The highest BCUT2D eigenvalue weighted by atomic mass is 32.2. The van der Waals surface area contributed by atoms with Crippen LogP contribution in [0, 0.1) is 6.92 Å². The van der Waals surface area contributed by atoms with E-state index in [9.17, 15) is 13.2 Å². The van der Waals surface area contributed by atoms with Crippen LogP contribution in [0.25, 0.3) is 0 Å². The molecular formula is C17H20N2O5S. The molecule has 0 fully saturated rings. The highest BCUT2D eigenvalue weighted by molar-refractivity contribution is 7.89. The smallest absolute Gasteiger partial charge is 0.335 e. The van der Waals surface area contributed by atoms with Gasteiger partial charge in [-0.05, 0) is 24.6 Å². The number of aromatic carboxylic acids is 1. The van der Waals surface area contributed by atoms with Gasteiger partial charge in [-0.2, -0.15) is 4.31 Å². The Morgan fingerprint density at radius 2 is 2.08 bits per heavy atom.